The van der Waals surface area contributed by atoms with E-state index in [4.69, 9.17) is 13.1 Å². The van der Waals surface area contributed by atoms with Crippen LogP contribution in [0.2, 0.25) is 0 Å². The molecule has 7 nitrogen and oxygen atoms in total. The van der Waals surface area contributed by atoms with Crippen LogP contribution in [0.15, 0.2) is 18.2 Å². The number of rotatable bonds is 15. The number of cyclic esters (lactones) is 2. The van der Waals surface area contributed by atoms with Crippen molar-refractivity contribution in [3.63, 3.8) is 0 Å². The summed E-state index contributed by atoms with van der Waals surface area (Å²) in [4.78, 5) is 30.9. The maximum absolute atomic E-state index is 12.2. The van der Waals surface area contributed by atoms with Crippen molar-refractivity contribution >= 4 is 11.9 Å². The van der Waals surface area contributed by atoms with E-state index in [1.807, 2.05) is 6.07 Å². The normalized spacial score (nSPS) is 15.1. The summed E-state index contributed by atoms with van der Waals surface area (Å²) in [5, 5.41) is 0. The molecule has 0 radical (unpaired) electrons. The molecule has 2 rings (SSSR count). The predicted octanol–water partition coefficient (Wildman–Crippen LogP) is 5.93. The number of pyridine rings is 1. The molecule has 0 fully saturated rings. The van der Waals surface area contributed by atoms with Gasteiger partial charge < -0.3 is 9.47 Å². The van der Waals surface area contributed by atoms with Gasteiger partial charge in [0.05, 0.1) is 24.2 Å². The van der Waals surface area contributed by atoms with Gasteiger partial charge >= 0.3 is 33.0 Å². The van der Waals surface area contributed by atoms with Crippen LogP contribution in [0.3, 0.4) is 0 Å². The summed E-state index contributed by atoms with van der Waals surface area (Å²) in [6.45, 7) is 5.24. The molecule has 209 valence electrons. The number of ether oxygens (including phenoxy) is 2. The Labute approximate surface area is 233 Å². The number of hydrogen-bond acceptors (Lipinski definition) is 7. The average Bonchev–Trinajstić information content (AvgIpc) is 2.89. The molecule has 1 aromatic heterocycles. The van der Waals surface area contributed by atoms with Gasteiger partial charge in [0.15, 0.2) is 0 Å². The number of carbonyl (C=O) groups excluding carboxylic acids is 2. The summed E-state index contributed by atoms with van der Waals surface area (Å²) in [6, 6.07) is 5.37. The van der Waals surface area contributed by atoms with Crippen molar-refractivity contribution in [1.29, 1.82) is 0 Å². The second-order valence-corrected chi connectivity index (χ2v) is 9.85. The van der Waals surface area contributed by atoms with Crippen molar-refractivity contribution in [2.75, 3.05) is 32.8 Å². The number of aromatic nitrogens is 1. The Balaban J connectivity index is 0.00000334. The first kappa shape index (κ1) is 33.5. The first-order valence-corrected chi connectivity index (χ1v) is 14.9. The number of unbranched alkanes of at least 4 members (excludes halogenated alkanes) is 13. The Morgan fingerprint density at radius 1 is 0.703 bits per heavy atom. The molecule has 1 aromatic rings. The van der Waals surface area contributed by atoms with Crippen LogP contribution in [-0.4, -0.2) is 54.7 Å². The third kappa shape index (κ3) is 18.3. The van der Waals surface area contributed by atoms with E-state index in [-0.39, 0.29) is 24.8 Å². The van der Waals surface area contributed by atoms with Crippen molar-refractivity contribution < 1.29 is 40.1 Å². The van der Waals surface area contributed by atoms with Crippen LogP contribution >= 0.6 is 0 Å². The number of fused-ring (bicyclic) bond motifs is 2. The number of carbonyl (C=O) groups is 2. The molecule has 0 spiro atoms. The Hall–Kier alpha value is -1.57. The van der Waals surface area contributed by atoms with Crippen LogP contribution in [0, 0.1) is 0 Å². The van der Waals surface area contributed by atoms with Crippen LogP contribution in [0.4, 0.5) is 0 Å². The summed E-state index contributed by atoms with van der Waals surface area (Å²) in [5.41, 5.74) is 1.24. The second kappa shape index (κ2) is 23.5. The minimum atomic E-state index is -0.272. The van der Waals surface area contributed by atoms with Crippen molar-refractivity contribution in [1.82, 2.24) is 9.88 Å². The zero-order valence-corrected chi connectivity index (χ0v) is 24.4. The third-order valence-electron chi connectivity index (χ3n) is 6.68. The van der Waals surface area contributed by atoms with Crippen molar-refractivity contribution in [3.8, 4) is 0 Å². The second-order valence-electron chi connectivity index (χ2n) is 9.85. The first-order chi connectivity index (χ1) is 18.2. The summed E-state index contributed by atoms with van der Waals surface area (Å²) in [7, 11) is 0. The molecule has 0 saturated carbocycles. The fourth-order valence-corrected chi connectivity index (χ4v) is 4.57. The van der Waals surface area contributed by atoms with E-state index in [1.54, 1.807) is 12.1 Å². The molecule has 2 bridgehead atoms. The van der Waals surface area contributed by atoms with Crippen molar-refractivity contribution in [2.24, 2.45) is 0 Å². The van der Waals surface area contributed by atoms with Crippen molar-refractivity contribution in [2.45, 2.75) is 110 Å². The molecule has 1 aliphatic heterocycles. The Morgan fingerprint density at radius 2 is 1.11 bits per heavy atom. The monoisotopic (exact) mass is 555 g/mol. The van der Waals surface area contributed by atoms with Gasteiger partial charge in [0.2, 0.25) is 0 Å². The van der Waals surface area contributed by atoms with Crippen LogP contribution in [-0.2, 0) is 52.9 Å². The van der Waals surface area contributed by atoms with E-state index >= 15 is 0 Å². The van der Waals surface area contributed by atoms with E-state index in [0.29, 0.717) is 37.7 Å². The molecule has 37 heavy (non-hydrogen) atoms. The Morgan fingerprint density at radius 3 is 1.54 bits per heavy atom. The number of hydrogen-bond donors (Lipinski definition) is 0. The number of esters is 2. The molecule has 8 heteroatoms. The summed E-state index contributed by atoms with van der Waals surface area (Å²) in [6.07, 6.45) is 19.1. The quantitative estimate of drug-likeness (QED) is 0.196. The van der Waals surface area contributed by atoms with Gasteiger partial charge in [0.1, 0.15) is 13.2 Å². The zero-order chi connectivity index (χ0) is 27.0. The Kier molecular flexibility index (Phi) is 21.3. The molecule has 0 saturated heterocycles. The van der Waals surface area contributed by atoms with Gasteiger partial charge in [0.25, 0.3) is 0 Å². The predicted molar refractivity (Wildman–Crippen MR) is 141 cm³/mol. The van der Waals surface area contributed by atoms with Gasteiger partial charge in [-0.1, -0.05) is 96.5 Å². The van der Waals surface area contributed by atoms with Crippen LogP contribution in [0.25, 0.3) is 0 Å². The Bertz CT molecular complexity index is 695. The minimum absolute atomic E-state index is 0.127. The molecule has 0 unspecified atom stereocenters. The van der Waals surface area contributed by atoms with Gasteiger partial charge in [0, 0.05) is 13.1 Å². The third-order valence-corrected chi connectivity index (χ3v) is 6.68. The van der Waals surface area contributed by atoms with Gasteiger partial charge in [-0.3, -0.25) is 19.5 Å². The van der Waals surface area contributed by atoms with Gasteiger partial charge in [-0.2, -0.15) is 0 Å². The fraction of sp³-hybridized carbons (Fsp3) is 0.759. The molecule has 0 N–H and O–H groups in total. The number of nitrogens with zero attached hydrogens (tertiary/aromatic N) is 2. The SMILES string of the molecule is CCCCCCCCCCCCCCCCN1CCOC(=O)Cc2cccc(n2)CC(=O)OCC1.[O]=[V]. The van der Waals surface area contributed by atoms with E-state index in [1.165, 1.54) is 83.5 Å². The summed E-state index contributed by atoms with van der Waals surface area (Å²) < 4.78 is 19.0. The average molecular weight is 556 g/mol. The van der Waals surface area contributed by atoms with Crippen LogP contribution in [0.5, 0.6) is 0 Å². The van der Waals surface area contributed by atoms with Crippen molar-refractivity contribution in [3.05, 3.63) is 29.6 Å². The molecule has 2 heterocycles. The molecule has 0 amide bonds. The zero-order valence-electron chi connectivity index (χ0n) is 23.0. The molecule has 0 aliphatic carbocycles. The van der Waals surface area contributed by atoms with E-state index < -0.39 is 0 Å². The first-order valence-electron chi connectivity index (χ1n) is 14.3. The van der Waals surface area contributed by atoms with E-state index in [9.17, 15) is 9.59 Å². The molecule has 0 aromatic carbocycles. The van der Waals surface area contributed by atoms with E-state index in [2.05, 4.69) is 16.8 Å². The molecule has 0 atom stereocenters. The molecule has 1 aliphatic rings. The van der Waals surface area contributed by atoms with Crippen LogP contribution in [0.1, 0.15) is 108 Å². The molecular weight excluding hydrogens is 507 g/mol. The fourth-order valence-electron chi connectivity index (χ4n) is 4.57. The summed E-state index contributed by atoms with van der Waals surface area (Å²) >= 11 is 1.06. The van der Waals surface area contributed by atoms with Gasteiger partial charge in [-0.25, -0.2) is 0 Å². The van der Waals surface area contributed by atoms with E-state index in [0.717, 1.165) is 30.3 Å². The summed E-state index contributed by atoms with van der Waals surface area (Å²) in [5.74, 6) is -0.545. The van der Waals surface area contributed by atoms with Crippen LogP contribution < -0.4 is 0 Å². The van der Waals surface area contributed by atoms with Gasteiger partial charge in [-0.15, -0.1) is 0 Å². The molecular formula is C29H48N2O5V. The maximum atomic E-state index is 12.2. The topological polar surface area (TPSA) is 85.8 Å². The standard InChI is InChI=1S/C29H48N2O4.O.V/c1-2-3-4-5-6-7-8-9-10-11-12-13-14-15-19-31-20-22-34-28(32)24-26-17-16-18-27(30-26)25-29(33)35-23-21-31;;/h16-18H,2-15,19-25H2,1H3;;. The van der Waals surface area contributed by atoms with Gasteiger partial charge in [-0.05, 0) is 25.1 Å².